The zero-order chi connectivity index (χ0) is 17.0. The van der Waals surface area contributed by atoms with Crippen molar-refractivity contribution in [1.82, 2.24) is 0 Å². The lowest BCUT2D eigenvalue weighted by Crippen LogP contribution is -2.37. The molecular formula is C16H17Cl2NO3S. The first kappa shape index (κ1) is 18.1. The molecule has 7 heteroatoms. The topological polar surface area (TPSA) is 57.6 Å². The molecule has 0 heterocycles. The van der Waals surface area contributed by atoms with E-state index in [1.807, 2.05) is 0 Å². The maximum Gasteiger partial charge on any atom is 0.239 e. The Labute approximate surface area is 146 Å². The van der Waals surface area contributed by atoms with Crippen LogP contribution >= 0.6 is 23.2 Å². The molecule has 1 unspecified atom stereocenters. The maximum atomic E-state index is 12.8. The van der Waals surface area contributed by atoms with Gasteiger partial charge in [0.25, 0.3) is 0 Å². The number of halogens is 2. The van der Waals surface area contributed by atoms with E-state index in [1.165, 1.54) is 10.4 Å². The molecule has 2 aromatic rings. The standard InChI is InChI=1S/C16H17Cl2NO3S/c1-12(20)10-19(14-5-3-2-4-6-14)23(21,22)11-13-7-8-15(17)16(18)9-13/h2-9,12,20H,10-11H2,1H3. The lowest BCUT2D eigenvalue weighted by Gasteiger charge is -2.25. The second-order valence-electron chi connectivity index (χ2n) is 5.22. The summed E-state index contributed by atoms with van der Waals surface area (Å²) in [5, 5.41) is 10.3. The molecule has 124 valence electrons. The first-order valence-electron chi connectivity index (χ1n) is 6.97. The number of hydrogen-bond donors (Lipinski definition) is 1. The number of benzene rings is 2. The summed E-state index contributed by atoms with van der Waals surface area (Å²) >= 11 is 11.8. The van der Waals surface area contributed by atoms with Crippen LogP contribution in [0.2, 0.25) is 10.0 Å². The molecule has 0 radical (unpaired) electrons. The van der Waals surface area contributed by atoms with Crippen molar-refractivity contribution in [3.05, 3.63) is 64.1 Å². The van der Waals surface area contributed by atoms with Crippen molar-refractivity contribution in [2.24, 2.45) is 0 Å². The zero-order valence-electron chi connectivity index (χ0n) is 12.5. The fourth-order valence-electron chi connectivity index (χ4n) is 2.13. The second-order valence-corrected chi connectivity index (χ2v) is 7.93. The molecule has 4 nitrogen and oxygen atoms in total. The van der Waals surface area contributed by atoms with Crippen molar-refractivity contribution in [2.75, 3.05) is 10.8 Å². The van der Waals surface area contributed by atoms with Gasteiger partial charge in [0, 0.05) is 0 Å². The summed E-state index contributed by atoms with van der Waals surface area (Å²) in [5.74, 6) is -0.231. The number of rotatable bonds is 6. The van der Waals surface area contributed by atoms with Crippen molar-refractivity contribution in [2.45, 2.75) is 18.8 Å². The number of para-hydroxylation sites is 1. The number of hydrogen-bond acceptors (Lipinski definition) is 3. The van der Waals surface area contributed by atoms with E-state index in [9.17, 15) is 13.5 Å². The molecule has 2 aromatic carbocycles. The van der Waals surface area contributed by atoms with Gasteiger partial charge in [0.2, 0.25) is 10.0 Å². The Kier molecular flexibility index (Phi) is 5.92. The van der Waals surface area contributed by atoms with E-state index in [-0.39, 0.29) is 12.3 Å². The largest absolute Gasteiger partial charge is 0.392 e. The van der Waals surface area contributed by atoms with E-state index >= 15 is 0 Å². The van der Waals surface area contributed by atoms with Gasteiger partial charge in [0.05, 0.1) is 34.1 Å². The van der Waals surface area contributed by atoms with Crippen LogP contribution in [0.15, 0.2) is 48.5 Å². The van der Waals surface area contributed by atoms with Crippen LogP contribution in [0.4, 0.5) is 5.69 Å². The van der Waals surface area contributed by atoms with Gasteiger partial charge in [-0.25, -0.2) is 8.42 Å². The Balaban J connectivity index is 2.34. The van der Waals surface area contributed by atoms with Gasteiger partial charge in [-0.1, -0.05) is 47.5 Å². The van der Waals surface area contributed by atoms with Gasteiger partial charge in [0.15, 0.2) is 0 Å². The van der Waals surface area contributed by atoms with Crippen LogP contribution in [-0.2, 0) is 15.8 Å². The van der Waals surface area contributed by atoms with Crippen molar-refractivity contribution in [3.63, 3.8) is 0 Å². The first-order chi connectivity index (χ1) is 10.8. The number of aliphatic hydroxyl groups excluding tert-OH is 1. The normalized spacial score (nSPS) is 12.9. The molecule has 0 saturated heterocycles. The molecular weight excluding hydrogens is 357 g/mol. The van der Waals surface area contributed by atoms with Gasteiger partial charge in [-0.3, -0.25) is 4.31 Å². The van der Waals surface area contributed by atoms with Crippen LogP contribution in [0.5, 0.6) is 0 Å². The van der Waals surface area contributed by atoms with E-state index in [1.54, 1.807) is 49.4 Å². The molecule has 0 aliphatic rings. The first-order valence-corrected chi connectivity index (χ1v) is 9.33. The third-order valence-corrected chi connectivity index (χ3v) is 5.61. The highest BCUT2D eigenvalue weighted by molar-refractivity contribution is 7.92. The van der Waals surface area contributed by atoms with Crippen molar-refractivity contribution >= 4 is 38.9 Å². The molecule has 0 amide bonds. The van der Waals surface area contributed by atoms with Crippen LogP contribution in [0, 0.1) is 0 Å². The van der Waals surface area contributed by atoms with E-state index in [2.05, 4.69) is 0 Å². The summed E-state index contributed by atoms with van der Waals surface area (Å²) in [6, 6.07) is 13.4. The number of aliphatic hydroxyl groups is 1. The summed E-state index contributed by atoms with van der Waals surface area (Å²) in [7, 11) is -3.68. The molecule has 0 fully saturated rings. The highest BCUT2D eigenvalue weighted by Gasteiger charge is 2.24. The van der Waals surface area contributed by atoms with Crippen LogP contribution in [0.3, 0.4) is 0 Å². The van der Waals surface area contributed by atoms with Crippen molar-refractivity contribution in [3.8, 4) is 0 Å². The minimum absolute atomic E-state index is 0.0202. The van der Waals surface area contributed by atoms with E-state index in [0.29, 0.717) is 21.3 Å². The van der Waals surface area contributed by atoms with Crippen LogP contribution in [0.1, 0.15) is 12.5 Å². The Morgan fingerprint density at radius 3 is 2.30 bits per heavy atom. The smallest absolute Gasteiger partial charge is 0.239 e. The number of anilines is 1. The summed E-state index contributed by atoms with van der Waals surface area (Å²) in [6.07, 6.45) is -0.793. The maximum absolute atomic E-state index is 12.8. The number of nitrogens with zero attached hydrogens (tertiary/aromatic N) is 1. The fraction of sp³-hybridized carbons (Fsp3) is 0.250. The van der Waals surface area contributed by atoms with Gasteiger partial charge >= 0.3 is 0 Å². The summed E-state index contributed by atoms with van der Waals surface area (Å²) in [6.45, 7) is 1.53. The molecule has 0 aliphatic carbocycles. The number of sulfonamides is 1. The average Bonchev–Trinajstić information content (AvgIpc) is 2.49. The fourth-order valence-corrected chi connectivity index (χ4v) is 4.09. The summed E-state index contributed by atoms with van der Waals surface area (Å²) < 4.78 is 26.8. The molecule has 2 rings (SSSR count). The Morgan fingerprint density at radius 1 is 1.09 bits per heavy atom. The predicted octanol–water partition coefficient (Wildman–Crippen LogP) is 3.71. The molecule has 1 N–H and O–H groups in total. The summed E-state index contributed by atoms with van der Waals surface area (Å²) in [5.41, 5.74) is 1.04. The third-order valence-electron chi connectivity index (χ3n) is 3.14. The van der Waals surface area contributed by atoms with Crippen molar-refractivity contribution < 1.29 is 13.5 Å². The molecule has 0 spiro atoms. The van der Waals surface area contributed by atoms with E-state index < -0.39 is 16.1 Å². The van der Waals surface area contributed by atoms with Crippen LogP contribution < -0.4 is 4.31 Å². The average molecular weight is 374 g/mol. The Morgan fingerprint density at radius 2 is 1.74 bits per heavy atom. The van der Waals surface area contributed by atoms with Gasteiger partial charge in [0.1, 0.15) is 0 Å². The minimum atomic E-state index is -3.68. The molecule has 0 saturated carbocycles. The Hall–Kier alpha value is -1.27. The van der Waals surface area contributed by atoms with Gasteiger partial charge in [-0.05, 0) is 36.8 Å². The quantitative estimate of drug-likeness (QED) is 0.839. The lowest BCUT2D eigenvalue weighted by molar-refractivity contribution is 0.204. The Bertz CT molecular complexity index is 764. The van der Waals surface area contributed by atoms with Gasteiger partial charge < -0.3 is 5.11 Å². The minimum Gasteiger partial charge on any atom is -0.392 e. The third kappa shape index (κ3) is 4.85. The van der Waals surface area contributed by atoms with E-state index in [0.717, 1.165) is 0 Å². The summed E-state index contributed by atoms with van der Waals surface area (Å²) in [4.78, 5) is 0. The van der Waals surface area contributed by atoms with Crippen molar-refractivity contribution in [1.29, 1.82) is 0 Å². The van der Waals surface area contributed by atoms with Gasteiger partial charge in [-0.2, -0.15) is 0 Å². The van der Waals surface area contributed by atoms with E-state index in [4.69, 9.17) is 23.2 Å². The van der Waals surface area contributed by atoms with Crippen LogP contribution in [0.25, 0.3) is 0 Å². The zero-order valence-corrected chi connectivity index (χ0v) is 14.8. The molecule has 0 bridgehead atoms. The molecule has 0 aliphatic heterocycles. The lowest BCUT2D eigenvalue weighted by atomic mass is 10.2. The van der Waals surface area contributed by atoms with Gasteiger partial charge in [-0.15, -0.1) is 0 Å². The highest BCUT2D eigenvalue weighted by atomic mass is 35.5. The van der Waals surface area contributed by atoms with Crippen LogP contribution in [-0.4, -0.2) is 26.2 Å². The second kappa shape index (κ2) is 7.53. The predicted molar refractivity (Wildman–Crippen MR) is 94.6 cm³/mol. The molecule has 0 aromatic heterocycles. The molecule has 1 atom stereocenters. The SMILES string of the molecule is CC(O)CN(c1ccccc1)S(=O)(=O)Cc1ccc(Cl)c(Cl)c1. The molecule has 23 heavy (non-hydrogen) atoms. The monoisotopic (exact) mass is 373 g/mol. The highest BCUT2D eigenvalue weighted by Crippen LogP contribution is 2.26.